The lowest BCUT2D eigenvalue weighted by molar-refractivity contribution is -0.107. The fourth-order valence-corrected chi connectivity index (χ4v) is 4.02. The van der Waals surface area contributed by atoms with Gasteiger partial charge in [0.25, 0.3) is 0 Å². The number of halogens is 1. The van der Waals surface area contributed by atoms with Crippen LogP contribution in [0.3, 0.4) is 0 Å². The number of hydrogen-bond acceptors (Lipinski definition) is 4. The molecule has 0 spiro atoms. The molecule has 2 aromatic rings. The van der Waals surface area contributed by atoms with Gasteiger partial charge in [0.05, 0.1) is 11.2 Å². The highest BCUT2D eigenvalue weighted by Gasteiger charge is 2.23. The van der Waals surface area contributed by atoms with Crippen molar-refractivity contribution in [1.29, 1.82) is 0 Å². The number of benzene rings is 1. The summed E-state index contributed by atoms with van der Waals surface area (Å²) < 4.78 is 1.05. The first-order valence-electron chi connectivity index (χ1n) is 8.49. The van der Waals surface area contributed by atoms with E-state index in [4.69, 9.17) is 0 Å². The molecule has 0 unspecified atom stereocenters. The second-order valence-corrected chi connectivity index (χ2v) is 7.77. The fourth-order valence-electron chi connectivity index (χ4n) is 3.66. The Kier molecular flexibility index (Phi) is 5.51. The molecule has 0 atom stereocenters. The minimum Gasteiger partial charge on any atom is -0.371 e. The highest BCUT2D eigenvalue weighted by Crippen LogP contribution is 2.34. The highest BCUT2D eigenvalue weighted by molar-refractivity contribution is 9.10. The van der Waals surface area contributed by atoms with Gasteiger partial charge < -0.3 is 14.6 Å². The molecule has 1 aliphatic heterocycles. The quantitative estimate of drug-likeness (QED) is 0.733. The van der Waals surface area contributed by atoms with Gasteiger partial charge in [-0.25, -0.2) is 0 Å². The van der Waals surface area contributed by atoms with E-state index in [9.17, 15) is 4.79 Å². The third kappa shape index (κ3) is 3.78. The number of fused-ring (bicyclic) bond motifs is 1. The number of aldehydes is 1. The molecule has 0 bridgehead atoms. The van der Waals surface area contributed by atoms with Gasteiger partial charge in [0, 0.05) is 47.7 Å². The molecule has 128 valence electrons. The van der Waals surface area contributed by atoms with Crippen molar-refractivity contribution in [3.8, 4) is 0 Å². The molecule has 2 heterocycles. The Labute approximate surface area is 152 Å². The normalized spacial score (nSPS) is 16.1. The van der Waals surface area contributed by atoms with Crippen LogP contribution in [0.4, 0.5) is 5.69 Å². The number of carbonyl (C=O) groups is 1. The number of aromatic nitrogens is 1. The molecule has 0 amide bonds. The molecular formula is C19H24BrN3O. The van der Waals surface area contributed by atoms with Gasteiger partial charge in [0.15, 0.2) is 0 Å². The number of hydrogen-bond donors (Lipinski definition) is 0. The number of pyridine rings is 1. The van der Waals surface area contributed by atoms with Crippen molar-refractivity contribution in [3.05, 3.63) is 34.4 Å². The van der Waals surface area contributed by atoms with Gasteiger partial charge in [0.2, 0.25) is 0 Å². The van der Waals surface area contributed by atoms with Gasteiger partial charge >= 0.3 is 0 Å². The maximum absolute atomic E-state index is 11.1. The molecule has 0 aliphatic carbocycles. The first-order chi connectivity index (χ1) is 11.6. The van der Waals surface area contributed by atoms with E-state index in [1.165, 1.54) is 18.5 Å². The SMILES string of the molecule is CN(C)CC1CCN(c2c(CC=O)cnc3ccc(Br)cc23)CC1. The predicted octanol–water partition coefficient (Wildman–Crippen LogP) is 3.52. The van der Waals surface area contributed by atoms with E-state index in [1.54, 1.807) is 0 Å². The maximum Gasteiger partial charge on any atom is 0.124 e. The molecule has 1 aromatic heterocycles. The van der Waals surface area contributed by atoms with Crippen LogP contribution < -0.4 is 4.90 Å². The van der Waals surface area contributed by atoms with Gasteiger partial charge in [-0.1, -0.05) is 15.9 Å². The Morgan fingerprint density at radius 1 is 1.33 bits per heavy atom. The van der Waals surface area contributed by atoms with Crippen molar-refractivity contribution < 1.29 is 4.79 Å². The van der Waals surface area contributed by atoms with E-state index in [2.05, 4.69) is 50.9 Å². The first kappa shape index (κ1) is 17.4. The molecule has 1 aromatic carbocycles. The Morgan fingerprint density at radius 3 is 2.75 bits per heavy atom. The van der Waals surface area contributed by atoms with Gasteiger partial charge in [-0.3, -0.25) is 4.98 Å². The molecule has 0 saturated carbocycles. The van der Waals surface area contributed by atoms with Crippen LogP contribution in [-0.4, -0.2) is 49.9 Å². The maximum atomic E-state index is 11.1. The Bertz CT molecular complexity index is 724. The molecule has 3 rings (SSSR count). The summed E-state index contributed by atoms with van der Waals surface area (Å²) in [5.41, 5.74) is 3.21. The lowest BCUT2D eigenvalue weighted by Gasteiger charge is -2.36. The minimum absolute atomic E-state index is 0.419. The van der Waals surface area contributed by atoms with Crippen molar-refractivity contribution in [2.24, 2.45) is 5.92 Å². The third-order valence-electron chi connectivity index (χ3n) is 4.73. The van der Waals surface area contributed by atoms with Crippen molar-refractivity contribution in [1.82, 2.24) is 9.88 Å². The summed E-state index contributed by atoms with van der Waals surface area (Å²) in [6.45, 7) is 3.23. The van der Waals surface area contributed by atoms with Crippen molar-refractivity contribution in [2.45, 2.75) is 19.3 Å². The van der Waals surface area contributed by atoms with E-state index in [0.29, 0.717) is 6.42 Å². The van der Waals surface area contributed by atoms with Gasteiger partial charge in [0.1, 0.15) is 6.29 Å². The second kappa shape index (κ2) is 7.62. The van der Waals surface area contributed by atoms with Crippen molar-refractivity contribution in [3.63, 3.8) is 0 Å². The highest BCUT2D eigenvalue weighted by atomic mass is 79.9. The van der Waals surface area contributed by atoms with Gasteiger partial charge in [-0.15, -0.1) is 0 Å². The van der Waals surface area contributed by atoms with E-state index < -0.39 is 0 Å². The predicted molar refractivity (Wildman–Crippen MR) is 103 cm³/mol. The van der Waals surface area contributed by atoms with Crippen molar-refractivity contribution in [2.75, 3.05) is 38.6 Å². The van der Waals surface area contributed by atoms with Crippen LogP contribution >= 0.6 is 15.9 Å². The smallest absolute Gasteiger partial charge is 0.124 e. The first-order valence-corrected chi connectivity index (χ1v) is 9.28. The number of anilines is 1. The summed E-state index contributed by atoms with van der Waals surface area (Å²) in [6.07, 6.45) is 5.64. The fraction of sp³-hybridized carbons (Fsp3) is 0.474. The van der Waals surface area contributed by atoms with Crippen LogP contribution in [0.5, 0.6) is 0 Å². The van der Waals surface area contributed by atoms with Crippen LogP contribution in [0, 0.1) is 5.92 Å². The Morgan fingerprint density at radius 2 is 2.08 bits per heavy atom. The van der Waals surface area contributed by atoms with Gasteiger partial charge in [-0.2, -0.15) is 0 Å². The van der Waals surface area contributed by atoms with Crippen LogP contribution in [0.25, 0.3) is 10.9 Å². The Balaban J connectivity index is 1.94. The summed E-state index contributed by atoms with van der Waals surface area (Å²) in [5, 5.41) is 1.13. The summed E-state index contributed by atoms with van der Waals surface area (Å²) in [7, 11) is 4.28. The average molecular weight is 390 g/mol. The molecule has 0 N–H and O–H groups in total. The molecular weight excluding hydrogens is 366 g/mol. The van der Waals surface area contributed by atoms with Crippen molar-refractivity contribution >= 4 is 38.8 Å². The molecule has 1 aliphatic rings. The van der Waals surface area contributed by atoms with Gasteiger partial charge in [-0.05, 0) is 51.1 Å². The second-order valence-electron chi connectivity index (χ2n) is 6.86. The van der Waals surface area contributed by atoms with Crippen LogP contribution in [0.1, 0.15) is 18.4 Å². The molecule has 5 heteroatoms. The van der Waals surface area contributed by atoms with Crippen LogP contribution in [0.15, 0.2) is 28.9 Å². The topological polar surface area (TPSA) is 36.4 Å². The number of piperidine rings is 1. The number of nitrogens with zero attached hydrogens (tertiary/aromatic N) is 3. The van der Waals surface area contributed by atoms with E-state index in [1.807, 2.05) is 18.3 Å². The van der Waals surface area contributed by atoms with Crippen LogP contribution in [-0.2, 0) is 11.2 Å². The zero-order valence-electron chi connectivity index (χ0n) is 14.3. The zero-order valence-corrected chi connectivity index (χ0v) is 15.9. The number of carbonyl (C=O) groups excluding carboxylic acids is 1. The van der Waals surface area contributed by atoms with E-state index in [-0.39, 0.29) is 0 Å². The van der Waals surface area contributed by atoms with Crippen LogP contribution in [0.2, 0.25) is 0 Å². The lowest BCUT2D eigenvalue weighted by Crippen LogP contribution is -2.37. The average Bonchev–Trinajstić information content (AvgIpc) is 2.55. The molecule has 4 nitrogen and oxygen atoms in total. The monoisotopic (exact) mass is 389 g/mol. The summed E-state index contributed by atoms with van der Waals surface area (Å²) in [5.74, 6) is 0.755. The summed E-state index contributed by atoms with van der Waals surface area (Å²) in [6, 6.07) is 6.17. The standard InChI is InChI=1S/C19H24BrN3O/c1-22(2)13-14-5-8-23(9-6-14)19-15(7-10-24)12-21-18-4-3-16(20)11-17(18)19/h3-4,10-12,14H,5-9,13H2,1-2H3. The summed E-state index contributed by atoms with van der Waals surface area (Å²) in [4.78, 5) is 20.4. The van der Waals surface area contributed by atoms with E-state index in [0.717, 1.165) is 52.8 Å². The minimum atomic E-state index is 0.419. The van der Waals surface area contributed by atoms with E-state index >= 15 is 0 Å². The molecule has 0 radical (unpaired) electrons. The Hall–Kier alpha value is -1.46. The largest absolute Gasteiger partial charge is 0.371 e. The molecule has 24 heavy (non-hydrogen) atoms. The molecule has 1 saturated heterocycles. The molecule has 1 fully saturated rings. The number of rotatable bonds is 5. The zero-order chi connectivity index (χ0) is 17.1. The third-order valence-corrected chi connectivity index (χ3v) is 5.23. The lowest BCUT2D eigenvalue weighted by atomic mass is 9.94. The summed E-state index contributed by atoms with van der Waals surface area (Å²) >= 11 is 3.57.